The van der Waals surface area contributed by atoms with Gasteiger partial charge >= 0.3 is 0 Å². The maximum Gasteiger partial charge on any atom is 0.191 e. The monoisotopic (exact) mass is 213 g/mol. The van der Waals surface area contributed by atoms with Crippen molar-refractivity contribution in [3.63, 3.8) is 0 Å². The van der Waals surface area contributed by atoms with Crippen LogP contribution < -0.4 is 5.73 Å². The van der Waals surface area contributed by atoms with Gasteiger partial charge in [-0.05, 0) is 26.7 Å². The van der Waals surface area contributed by atoms with Crippen molar-refractivity contribution in [1.82, 2.24) is 4.90 Å². The molecule has 1 saturated carbocycles. The van der Waals surface area contributed by atoms with Gasteiger partial charge in [-0.2, -0.15) is 11.8 Å². The minimum atomic E-state index is 0.321. The second kappa shape index (κ2) is 3.65. The second-order valence-electron chi connectivity index (χ2n) is 4.75. The fourth-order valence-electron chi connectivity index (χ4n) is 1.68. The Morgan fingerprint density at radius 3 is 2.79 bits per heavy atom. The number of nitrogens with zero attached hydrogens (tertiary/aromatic N) is 2. The van der Waals surface area contributed by atoms with Crippen molar-refractivity contribution in [3.8, 4) is 0 Å². The first-order valence-electron chi connectivity index (χ1n) is 5.29. The molecule has 0 aromatic heterocycles. The molecule has 1 heterocycles. The number of hydrogen-bond donors (Lipinski definition) is 1. The van der Waals surface area contributed by atoms with Gasteiger partial charge in [0.1, 0.15) is 0 Å². The van der Waals surface area contributed by atoms with Crippen LogP contribution in [-0.2, 0) is 0 Å². The van der Waals surface area contributed by atoms with Crippen molar-refractivity contribution in [2.45, 2.75) is 37.5 Å². The van der Waals surface area contributed by atoms with Gasteiger partial charge in [0.15, 0.2) is 5.96 Å². The van der Waals surface area contributed by atoms with Crippen molar-refractivity contribution < 1.29 is 0 Å². The van der Waals surface area contributed by atoms with Gasteiger partial charge in [-0.15, -0.1) is 0 Å². The highest BCUT2D eigenvalue weighted by Crippen LogP contribution is 2.30. The summed E-state index contributed by atoms with van der Waals surface area (Å²) >= 11 is 2.02. The molecule has 2 N–H and O–H groups in total. The third-order valence-electron chi connectivity index (χ3n) is 2.61. The number of thioether (sulfide) groups is 1. The minimum Gasteiger partial charge on any atom is -0.370 e. The molecule has 4 heteroatoms. The number of rotatable bonds is 1. The zero-order chi connectivity index (χ0) is 10.2. The Morgan fingerprint density at radius 1 is 1.50 bits per heavy atom. The molecule has 14 heavy (non-hydrogen) atoms. The highest BCUT2D eigenvalue weighted by Gasteiger charge is 2.29. The largest absolute Gasteiger partial charge is 0.370 e. The fourth-order valence-corrected chi connectivity index (χ4v) is 2.80. The van der Waals surface area contributed by atoms with Gasteiger partial charge in [0.05, 0.1) is 6.04 Å². The van der Waals surface area contributed by atoms with Crippen LogP contribution >= 0.6 is 11.8 Å². The standard InChI is InChI=1S/C10H19N3S/c1-10(2)7-13(5-6-14-10)9(11)12-8-3-4-8/h8H,3-7H2,1-2H3,(H2,11,12). The Labute approximate surface area is 90.1 Å². The topological polar surface area (TPSA) is 41.6 Å². The first-order valence-corrected chi connectivity index (χ1v) is 6.27. The predicted molar refractivity (Wildman–Crippen MR) is 62.8 cm³/mol. The number of guanidine groups is 1. The van der Waals surface area contributed by atoms with Gasteiger partial charge in [-0.3, -0.25) is 0 Å². The normalized spacial score (nSPS) is 27.9. The van der Waals surface area contributed by atoms with E-state index in [1.807, 2.05) is 11.8 Å². The number of nitrogens with two attached hydrogens (primary N) is 1. The number of hydrogen-bond acceptors (Lipinski definition) is 2. The van der Waals surface area contributed by atoms with Gasteiger partial charge < -0.3 is 10.6 Å². The Morgan fingerprint density at radius 2 is 2.21 bits per heavy atom. The molecule has 0 amide bonds. The van der Waals surface area contributed by atoms with E-state index < -0.39 is 0 Å². The van der Waals surface area contributed by atoms with Crippen LogP contribution in [0.2, 0.25) is 0 Å². The lowest BCUT2D eigenvalue weighted by atomic mass is 10.2. The van der Waals surface area contributed by atoms with Crippen molar-refractivity contribution in [2.24, 2.45) is 10.7 Å². The molecule has 0 radical (unpaired) electrons. The summed E-state index contributed by atoms with van der Waals surface area (Å²) in [6, 6.07) is 0.535. The van der Waals surface area contributed by atoms with Crippen LogP contribution in [0.15, 0.2) is 4.99 Å². The summed E-state index contributed by atoms with van der Waals surface area (Å²) in [6.07, 6.45) is 2.46. The van der Waals surface area contributed by atoms with E-state index in [0.717, 1.165) is 24.8 Å². The maximum absolute atomic E-state index is 5.98. The van der Waals surface area contributed by atoms with Crippen LogP contribution in [0.3, 0.4) is 0 Å². The van der Waals surface area contributed by atoms with Crippen LogP contribution in [-0.4, -0.2) is 40.5 Å². The summed E-state index contributed by atoms with van der Waals surface area (Å²) in [5, 5.41) is 0. The van der Waals surface area contributed by atoms with Crippen LogP contribution in [0.5, 0.6) is 0 Å². The Hall–Kier alpha value is -0.380. The molecule has 1 saturated heterocycles. The van der Waals surface area contributed by atoms with E-state index in [2.05, 4.69) is 23.7 Å². The van der Waals surface area contributed by atoms with Gasteiger partial charge in [0.25, 0.3) is 0 Å². The summed E-state index contributed by atoms with van der Waals surface area (Å²) in [7, 11) is 0. The molecular formula is C10H19N3S. The summed E-state index contributed by atoms with van der Waals surface area (Å²) in [5.74, 6) is 1.93. The van der Waals surface area contributed by atoms with E-state index in [4.69, 9.17) is 5.73 Å². The molecule has 2 fully saturated rings. The summed E-state index contributed by atoms with van der Waals surface area (Å²) in [5.41, 5.74) is 5.98. The van der Waals surface area contributed by atoms with Crippen molar-refractivity contribution >= 4 is 17.7 Å². The number of aliphatic imine (C=N–C) groups is 1. The molecule has 0 spiro atoms. The Kier molecular flexibility index (Phi) is 2.64. The van der Waals surface area contributed by atoms with Crippen molar-refractivity contribution in [3.05, 3.63) is 0 Å². The van der Waals surface area contributed by atoms with Crippen LogP contribution in [0.4, 0.5) is 0 Å². The van der Waals surface area contributed by atoms with E-state index in [-0.39, 0.29) is 0 Å². The van der Waals surface area contributed by atoms with Crippen molar-refractivity contribution in [1.29, 1.82) is 0 Å². The predicted octanol–water partition coefficient (Wildman–Crippen LogP) is 1.29. The van der Waals surface area contributed by atoms with Crippen LogP contribution in [0.1, 0.15) is 26.7 Å². The van der Waals surface area contributed by atoms with Crippen LogP contribution in [0.25, 0.3) is 0 Å². The van der Waals surface area contributed by atoms with E-state index in [0.29, 0.717) is 10.8 Å². The molecule has 0 atom stereocenters. The third-order valence-corrected chi connectivity index (χ3v) is 3.91. The molecule has 0 unspecified atom stereocenters. The third kappa shape index (κ3) is 2.56. The Balaban J connectivity index is 1.96. The first-order chi connectivity index (χ1) is 6.57. The van der Waals surface area contributed by atoms with E-state index in [1.165, 1.54) is 12.8 Å². The lowest BCUT2D eigenvalue weighted by molar-refractivity contribution is 0.384. The molecule has 2 rings (SSSR count). The SMILES string of the molecule is CC1(C)CN(C(N)=NC2CC2)CCS1. The van der Waals surface area contributed by atoms with Gasteiger partial charge in [0.2, 0.25) is 0 Å². The molecule has 0 aromatic carbocycles. The smallest absolute Gasteiger partial charge is 0.191 e. The Bertz CT molecular complexity index is 246. The molecule has 2 aliphatic rings. The van der Waals surface area contributed by atoms with E-state index >= 15 is 0 Å². The lowest BCUT2D eigenvalue weighted by Gasteiger charge is -2.38. The second-order valence-corrected chi connectivity index (χ2v) is 6.55. The molecule has 1 aliphatic carbocycles. The average Bonchev–Trinajstić information content (AvgIpc) is 2.86. The zero-order valence-corrected chi connectivity index (χ0v) is 9.81. The summed E-state index contributed by atoms with van der Waals surface area (Å²) in [4.78, 5) is 6.72. The molecule has 80 valence electrons. The minimum absolute atomic E-state index is 0.321. The van der Waals surface area contributed by atoms with Gasteiger partial charge in [-0.25, -0.2) is 4.99 Å². The van der Waals surface area contributed by atoms with Gasteiger partial charge in [0, 0.05) is 23.6 Å². The molecular weight excluding hydrogens is 194 g/mol. The van der Waals surface area contributed by atoms with Gasteiger partial charge in [-0.1, -0.05) is 0 Å². The first kappa shape index (κ1) is 10.1. The highest BCUT2D eigenvalue weighted by molar-refractivity contribution is 8.00. The maximum atomic E-state index is 5.98. The molecule has 0 aromatic rings. The molecule has 3 nitrogen and oxygen atoms in total. The zero-order valence-electron chi connectivity index (χ0n) is 8.99. The molecule has 1 aliphatic heterocycles. The van der Waals surface area contributed by atoms with E-state index in [9.17, 15) is 0 Å². The lowest BCUT2D eigenvalue weighted by Crippen LogP contribution is -2.49. The summed E-state index contributed by atoms with van der Waals surface area (Å²) < 4.78 is 0.321. The quantitative estimate of drug-likeness (QED) is 0.527. The average molecular weight is 213 g/mol. The molecule has 0 bridgehead atoms. The highest BCUT2D eigenvalue weighted by atomic mass is 32.2. The summed E-state index contributed by atoms with van der Waals surface area (Å²) in [6.45, 7) is 6.62. The van der Waals surface area contributed by atoms with Crippen LogP contribution in [0, 0.1) is 0 Å². The van der Waals surface area contributed by atoms with Crippen molar-refractivity contribution in [2.75, 3.05) is 18.8 Å². The fraction of sp³-hybridized carbons (Fsp3) is 0.900. The van der Waals surface area contributed by atoms with E-state index in [1.54, 1.807) is 0 Å².